The van der Waals surface area contributed by atoms with Crippen LogP contribution in [0, 0.1) is 12.8 Å². The number of aryl methyl sites for hydroxylation is 1. The van der Waals surface area contributed by atoms with E-state index in [0.29, 0.717) is 0 Å². The van der Waals surface area contributed by atoms with Gasteiger partial charge in [-0.3, -0.25) is 4.79 Å². The molecule has 1 aliphatic rings. The van der Waals surface area contributed by atoms with Gasteiger partial charge in [0.05, 0.1) is 23.7 Å². The van der Waals surface area contributed by atoms with Crippen LogP contribution in [0.1, 0.15) is 52.7 Å². The first-order valence-corrected chi connectivity index (χ1v) is 21.9. The van der Waals surface area contributed by atoms with Crippen molar-refractivity contribution in [3.63, 3.8) is 0 Å². The Morgan fingerprint density at radius 3 is 2.09 bits per heavy atom. The van der Waals surface area contributed by atoms with Crippen molar-refractivity contribution in [2.45, 2.75) is 67.8 Å². The normalized spacial score (nSPS) is 18.7. The summed E-state index contributed by atoms with van der Waals surface area (Å²) in [6.45, 7) is 4.24. The fourth-order valence-corrected chi connectivity index (χ4v) is 9.34. The van der Waals surface area contributed by atoms with E-state index in [9.17, 15) is 18.3 Å². The summed E-state index contributed by atoms with van der Waals surface area (Å²) in [5.74, 6) is 0.393. The lowest BCUT2D eigenvalue weighted by atomic mass is 9.91. The molecule has 0 aliphatic carbocycles. The number of rotatable bonds is 15. The molecular formula is C48H48N2O6S2. The Hall–Kier alpha value is -5.07. The SMILES string of the molecule is Cc1ccc(S(=O)(=O)NC(Cc2ccccc2)C(=O)NCc2cccc(-c3cccc(C4OC(CSc5ccccc5)C(C)C(c5ccc(CO)cc5)O4)c3)c2)cc1. The van der Waals surface area contributed by atoms with Gasteiger partial charge in [0.25, 0.3) is 0 Å². The van der Waals surface area contributed by atoms with Crippen LogP contribution in [0.4, 0.5) is 0 Å². The first-order chi connectivity index (χ1) is 28.1. The molecule has 7 rings (SSSR count). The zero-order chi connectivity index (χ0) is 40.5. The smallest absolute Gasteiger partial charge is 0.241 e. The van der Waals surface area contributed by atoms with Crippen LogP contribution in [0.25, 0.3) is 11.1 Å². The molecular weight excluding hydrogens is 765 g/mol. The van der Waals surface area contributed by atoms with Crippen LogP contribution in [0.15, 0.2) is 168 Å². The van der Waals surface area contributed by atoms with E-state index < -0.39 is 28.3 Å². The van der Waals surface area contributed by atoms with Crippen molar-refractivity contribution in [1.82, 2.24) is 10.0 Å². The third-order valence-electron chi connectivity index (χ3n) is 10.4. The van der Waals surface area contributed by atoms with Crippen LogP contribution in [0.5, 0.6) is 0 Å². The van der Waals surface area contributed by atoms with Crippen molar-refractivity contribution >= 4 is 27.7 Å². The number of amides is 1. The molecule has 0 aromatic heterocycles. The third-order valence-corrected chi connectivity index (χ3v) is 13.0. The molecule has 58 heavy (non-hydrogen) atoms. The maximum absolute atomic E-state index is 13.7. The molecule has 6 aromatic rings. The molecule has 1 aliphatic heterocycles. The predicted octanol–water partition coefficient (Wildman–Crippen LogP) is 8.94. The molecule has 10 heteroatoms. The van der Waals surface area contributed by atoms with Gasteiger partial charge in [-0.1, -0.05) is 134 Å². The number of thioether (sulfide) groups is 1. The van der Waals surface area contributed by atoms with Gasteiger partial charge in [0.2, 0.25) is 15.9 Å². The summed E-state index contributed by atoms with van der Waals surface area (Å²) in [5, 5.41) is 12.6. The fourth-order valence-electron chi connectivity index (χ4n) is 7.05. The molecule has 8 nitrogen and oxygen atoms in total. The molecule has 298 valence electrons. The first-order valence-electron chi connectivity index (χ1n) is 19.4. The fraction of sp³-hybridized carbons (Fsp3) is 0.229. The van der Waals surface area contributed by atoms with E-state index in [-0.39, 0.29) is 42.6 Å². The van der Waals surface area contributed by atoms with Crippen molar-refractivity contribution in [2.24, 2.45) is 5.92 Å². The predicted molar refractivity (Wildman–Crippen MR) is 229 cm³/mol. The summed E-state index contributed by atoms with van der Waals surface area (Å²) in [6.07, 6.45) is -0.757. The van der Waals surface area contributed by atoms with Crippen LogP contribution < -0.4 is 10.0 Å². The quantitative estimate of drug-likeness (QED) is 0.0888. The number of benzene rings is 6. The Labute approximate surface area is 345 Å². The number of hydrogen-bond donors (Lipinski definition) is 3. The molecule has 6 aromatic carbocycles. The maximum atomic E-state index is 13.7. The van der Waals surface area contributed by atoms with E-state index in [1.165, 1.54) is 4.90 Å². The lowest BCUT2D eigenvalue weighted by Gasteiger charge is -2.41. The highest BCUT2D eigenvalue weighted by atomic mass is 32.2. The Balaban J connectivity index is 1.08. The van der Waals surface area contributed by atoms with Gasteiger partial charge >= 0.3 is 0 Å². The first kappa shape index (κ1) is 41.1. The number of ether oxygens (including phenoxy) is 2. The molecule has 0 radical (unpaired) electrons. The standard InChI is InChI=1S/C48H48N2O6S2/c1-33-19-25-43(26-20-33)58(53,54)50-44(28-35-11-5-3-6-12-35)47(52)49-30-37-13-9-14-39(27-37)40-15-10-16-41(29-40)48-55-45(32-57-42-17-7-4-8-18-42)34(2)46(56-48)38-23-21-36(31-51)22-24-38/h3-27,29,34,44-46,48,50-51H,28,30-32H2,1-2H3,(H,49,52). The summed E-state index contributed by atoms with van der Waals surface area (Å²) in [7, 11) is -3.97. The van der Waals surface area contributed by atoms with Crippen LogP contribution in [0.2, 0.25) is 0 Å². The molecule has 1 amide bonds. The second kappa shape index (κ2) is 19.1. The molecule has 0 bridgehead atoms. The number of nitrogens with one attached hydrogen (secondary N) is 2. The average Bonchev–Trinajstić information content (AvgIpc) is 3.26. The van der Waals surface area contributed by atoms with Crippen molar-refractivity contribution in [2.75, 3.05) is 5.75 Å². The maximum Gasteiger partial charge on any atom is 0.241 e. The lowest BCUT2D eigenvalue weighted by molar-refractivity contribution is -0.268. The van der Waals surface area contributed by atoms with Crippen LogP contribution in [-0.2, 0) is 43.9 Å². The van der Waals surface area contributed by atoms with Gasteiger partial charge in [-0.05, 0) is 83.1 Å². The van der Waals surface area contributed by atoms with E-state index in [0.717, 1.165) is 50.3 Å². The van der Waals surface area contributed by atoms with Gasteiger partial charge < -0.3 is 19.9 Å². The molecule has 0 saturated carbocycles. The van der Waals surface area contributed by atoms with E-state index in [4.69, 9.17) is 9.47 Å². The van der Waals surface area contributed by atoms with Gasteiger partial charge in [-0.25, -0.2) is 8.42 Å². The summed E-state index contributed by atoms with van der Waals surface area (Å²) in [6, 6.07) is 49.2. The van der Waals surface area contributed by atoms with Crippen molar-refractivity contribution in [1.29, 1.82) is 0 Å². The average molecular weight is 813 g/mol. The number of aliphatic hydroxyl groups excluding tert-OH is 1. The third kappa shape index (κ3) is 10.5. The lowest BCUT2D eigenvalue weighted by Crippen LogP contribution is -2.47. The van der Waals surface area contributed by atoms with Gasteiger partial charge in [-0.15, -0.1) is 11.8 Å². The van der Waals surface area contributed by atoms with E-state index in [2.05, 4.69) is 35.2 Å². The minimum absolute atomic E-state index is 0.0192. The van der Waals surface area contributed by atoms with Gasteiger partial charge in [-0.2, -0.15) is 4.72 Å². The van der Waals surface area contributed by atoms with Crippen molar-refractivity contribution < 1.29 is 27.8 Å². The van der Waals surface area contributed by atoms with Gasteiger partial charge in [0.1, 0.15) is 6.04 Å². The van der Waals surface area contributed by atoms with Crippen LogP contribution in [0.3, 0.4) is 0 Å². The molecule has 5 unspecified atom stereocenters. The summed E-state index contributed by atoms with van der Waals surface area (Å²) >= 11 is 1.77. The van der Waals surface area contributed by atoms with Crippen LogP contribution in [-0.4, -0.2) is 37.3 Å². The Bertz CT molecular complexity index is 2380. The monoisotopic (exact) mass is 812 g/mol. The Morgan fingerprint density at radius 2 is 1.38 bits per heavy atom. The van der Waals surface area contributed by atoms with Crippen LogP contribution >= 0.6 is 11.8 Å². The zero-order valence-corrected chi connectivity index (χ0v) is 34.2. The highest BCUT2D eigenvalue weighted by Gasteiger charge is 2.38. The number of hydrogen-bond acceptors (Lipinski definition) is 7. The molecule has 1 saturated heterocycles. The molecule has 0 spiro atoms. The second-order valence-electron chi connectivity index (χ2n) is 14.7. The van der Waals surface area contributed by atoms with E-state index in [1.54, 1.807) is 36.0 Å². The summed E-state index contributed by atoms with van der Waals surface area (Å²) in [4.78, 5) is 15.0. The molecule has 1 heterocycles. The number of aliphatic hydroxyl groups is 1. The van der Waals surface area contributed by atoms with Gasteiger partial charge in [0, 0.05) is 28.7 Å². The van der Waals surface area contributed by atoms with Crippen molar-refractivity contribution in [3.05, 3.63) is 191 Å². The largest absolute Gasteiger partial charge is 0.392 e. The molecule has 1 fully saturated rings. The highest BCUT2D eigenvalue weighted by molar-refractivity contribution is 7.99. The Morgan fingerprint density at radius 1 is 0.724 bits per heavy atom. The van der Waals surface area contributed by atoms with E-state index in [1.807, 2.05) is 122 Å². The Kier molecular flexibility index (Phi) is 13.6. The minimum atomic E-state index is -3.97. The van der Waals surface area contributed by atoms with E-state index >= 15 is 0 Å². The second-order valence-corrected chi connectivity index (χ2v) is 17.5. The number of carbonyl (C=O) groups excluding carboxylic acids is 1. The number of carbonyl (C=O) groups is 1. The molecule has 3 N–H and O–H groups in total. The zero-order valence-electron chi connectivity index (χ0n) is 32.5. The summed E-state index contributed by atoms with van der Waals surface area (Å²) < 4.78 is 42.9. The topological polar surface area (TPSA) is 114 Å². The summed E-state index contributed by atoms with van der Waals surface area (Å²) in [5.41, 5.74) is 7.32. The minimum Gasteiger partial charge on any atom is -0.392 e. The molecule has 5 atom stereocenters. The highest BCUT2D eigenvalue weighted by Crippen LogP contribution is 2.43. The van der Waals surface area contributed by atoms with Crippen molar-refractivity contribution in [3.8, 4) is 11.1 Å². The number of sulfonamides is 1. The van der Waals surface area contributed by atoms with Gasteiger partial charge in [0.15, 0.2) is 6.29 Å².